The summed E-state index contributed by atoms with van der Waals surface area (Å²) in [6.45, 7) is 0. The van der Waals surface area contributed by atoms with Gasteiger partial charge in [0.1, 0.15) is 0 Å². The quantitative estimate of drug-likeness (QED) is 0.409. The molecule has 0 unspecified atom stereocenters. The molecule has 2 fully saturated rings. The van der Waals surface area contributed by atoms with Gasteiger partial charge >= 0.3 is 63.7 Å². The van der Waals surface area contributed by atoms with Crippen molar-refractivity contribution in [1.82, 2.24) is 0 Å². The van der Waals surface area contributed by atoms with E-state index in [1.807, 2.05) is 101 Å². The van der Waals surface area contributed by atoms with Crippen LogP contribution in [0, 0.1) is 75.4 Å². The number of rotatable bonds is 0. The summed E-state index contributed by atoms with van der Waals surface area (Å²) < 4.78 is 0. The van der Waals surface area contributed by atoms with E-state index in [9.17, 15) is 0 Å². The molecule has 0 bridgehead atoms. The Hall–Kier alpha value is 0.622. The van der Waals surface area contributed by atoms with Crippen molar-refractivity contribution in [2.75, 3.05) is 0 Å². The first-order valence-corrected chi connectivity index (χ1v) is 6.89. The average Bonchev–Trinajstić information content (AvgIpc) is 3.09. The van der Waals surface area contributed by atoms with Crippen molar-refractivity contribution in [3.05, 3.63) is 112 Å². The maximum absolute atomic E-state index is 3.03. The maximum atomic E-state index is 3.03. The van der Waals surface area contributed by atoms with Crippen molar-refractivity contribution < 1.29 is 33.6 Å². The van der Waals surface area contributed by atoms with E-state index in [4.69, 9.17) is 0 Å². The van der Waals surface area contributed by atoms with Crippen molar-refractivity contribution in [3.63, 3.8) is 0 Å². The fourth-order valence-corrected chi connectivity index (χ4v) is 1.45. The monoisotopic (exact) mass is 430 g/mol. The molecule has 3 aliphatic carbocycles. The van der Waals surface area contributed by atoms with Crippen LogP contribution in [0.2, 0.25) is 0 Å². The first-order chi connectivity index (χ1) is 9.39. The predicted octanol–water partition coefficient (Wildman–Crippen LogP) is 3.49. The SMILES string of the molecule is [CH]1[CH][CH][CH][CH]1.[CH]1[CH][CH][CH][CH]1.[Co].[Co].[Se][C]1[C-]\C=C/C=C\C=C/1. The summed E-state index contributed by atoms with van der Waals surface area (Å²) in [5, 5.41) is 0. The second-order valence-electron chi connectivity index (χ2n) is 3.54. The summed E-state index contributed by atoms with van der Waals surface area (Å²) in [4.78, 5) is 1.04. The fourth-order valence-electron chi connectivity index (χ4n) is 1.15. The average molecular weight is 429 g/mol. The molecule has 0 N–H and O–H groups in total. The van der Waals surface area contributed by atoms with E-state index in [2.05, 4.69) is 22.4 Å². The van der Waals surface area contributed by atoms with E-state index in [1.165, 1.54) is 0 Å². The molecule has 0 aliphatic heterocycles. The van der Waals surface area contributed by atoms with Crippen LogP contribution in [0.5, 0.6) is 0 Å². The Morgan fingerprint density at radius 1 is 0.571 bits per heavy atom. The van der Waals surface area contributed by atoms with Gasteiger partial charge in [-0.05, 0) is 64.2 Å². The molecule has 21 heavy (non-hydrogen) atoms. The number of allylic oxidation sites excluding steroid dienone is 6. The third kappa shape index (κ3) is 16.8. The van der Waals surface area contributed by atoms with Crippen LogP contribution in [0.4, 0.5) is 0 Å². The van der Waals surface area contributed by atoms with Crippen molar-refractivity contribution in [2.45, 2.75) is 0 Å². The fraction of sp³-hybridized carbons (Fsp3) is 0. The summed E-state index contributed by atoms with van der Waals surface area (Å²) >= 11 is 2.88. The molecule has 0 nitrogen and oxygen atoms in total. The second-order valence-corrected chi connectivity index (χ2v) is 4.46. The van der Waals surface area contributed by atoms with Gasteiger partial charge in [0.05, 0.1) is 0 Å². The van der Waals surface area contributed by atoms with Gasteiger partial charge in [-0.3, -0.25) is 0 Å². The van der Waals surface area contributed by atoms with Gasteiger partial charge in [0, 0.05) is 33.6 Å². The molecule has 2 saturated carbocycles. The Labute approximate surface area is 160 Å². The standard InChI is InChI=1S/C8H6Se.2C5H5.2Co/c9-8-6-4-2-1-3-5-7-8;2*1-2-4-5-3-1;;/h1-6H;2*1-5H;;/q-1;;;;/b2-1-,5-3-,6-4-;;;;. The van der Waals surface area contributed by atoms with Crippen LogP contribution in [0.3, 0.4) is 0 Å². The summed E-state index contributed by atoms with van der Waals surface area (Å²) in [5.41, 5.74) is 0. The molecule has 3 rings (SSSR count). The van der Waals surface area contributed by atoms with Crippen molar-refractivity contribution in [1.29, 1.82) is 0 Å². The van der Waals surface area contributed by atoms with Gasteiger partial charge in [-0.2, -0.15) is 0 Å². The topological polar surface area (TPSA) is 0 Å². The van der Waals surface area contributed by atoms with Gasteiger partial charge in [-0.25, -0.2) is 0 Å². The van der Waals surface area contributed by atoms with E-state index in [0.717, 1.165) is 4.82 Å². The molecule has 0 aromatic carbocycles. The zero-order valence-electron chi connectivity index (χ0n) is 11.3. The van der Waals surface area contributed by atoms with E-state index >= 15 is 0 Å². The minimum absolute atomic E-state index is 0. The van der Waals surface area contributed by atoms with Gasteiger partial charge in [0.2, 0.25) is 0 Å². The van der Waals surface area contributed by atoms with Crippen LogP contribution in [-0.4, -0.2) is 16.0 Å². The molecule has 0 spiro atoms. The van der Waals surface area contributed by atoms with Gasteiger partial charge in [0.15, 0.2) is 0 Å². The Morgan fingerprint density at radius 3 is 1.38 bits per heavy atom. The molecule has 3 aliphatic rings. The summed E-state index contributed by atoms with van der Waals surface area (Å²) in [6.07, 6.45) is 34.7. The van der Waals surface area contributed by atoms with E-state index in [-0.39, 0.29) is 33.6 Å². The third-order valence-electron chi connectivity index (χ3n) is 2.01. The van der Waals surface area contributed by atoms with Gasteiger partial charge in [0.25, 0.3) is 0 Å². The summed E-state index contributed by atoms with van der Waals surface area (Å²) in [5.74, 6) is 0. The molecule has 0 heterocycles. The number of hydrogen-bond donors (Lipinski definition) is 0. The van der Waals surface area contributed by atoms with Gasteiger partial charge in [-0.1, -0.05) is 0 Å². The predicted molar refractivity (Wildman–Crippen MR) is 82.7 cm³/mol. The van der Waals surface area contributed by atoms with Crippen LogP contribution < -0.4 is 0 Å². The Balaban J connectivity index is 0. The van der Waals surface area contributed by atoms with Crippen molar-refractivity contribution in [3.8, 4) is 0 Å². The van der Waals surface area contributed by atoms with E-state index in [0.29, 0.717) is 0 Å². The zero-order chi connectivity index (χ0) is 13.6. The Bertz CT molecular complexity index is 252. The molecule has 3 heteroatoms. The van der Waals surface area contributed by atoms with E-state index < -0.39 is 0 Å². The van der Waals surface area contributed by atoms with Crippen LogP contribution in [0.15, 0.2) is 36.5 Å². The van der Waals surface area contributed by atoms with Crippen LogP contribution in [0.25, 0.3) is 0 Å². The normalized spacial score (nSPS) is 24.0. The molecule has 0 saturated heterocycles. The molecule has 0 aromatic rings. The molecular weight excluding hydrogens is 413 g/mol. The first-order valence-electron chi connectivity index (χ1n) is 6.03. The van der Waals surface area contributed by atoms with Crippen LogP contribution in [0.1, 0.15) is 0 Å². The van der Waals surface area contributed by atoms with Crippen molar-refractivity contribution in [2.24, 2.45) is 0 Å². The summed E-state index contributed by atoms with van der Waals surface area (Å²) in [6, 6.07) is 0. The summed E-state index contributed by atoms with van der Waals surface area (Å²) in [7, 11) is 0. The molecule has 0 aromatic heterocycles. The molecule has 15 radical (unpaired) electrons. The molecule has 0 atom stereocenters. The van der Waals surface area contributed by atoms with Crippen LogP contribution >= 0.6 is 0 Å². The van der Waals surface area contributed by atoms with Crippen molar-refractivity contribution >= 4 is 16.0 Å². The van der Waals surface area contributed by atoms with Gasteiger partial charge in [-0.15, -0.1) is 0 Å². The molecule has 0 amide bonds. The molecule has 113 valence electrons. The zero-order valence-corrected chi connectivity index (χ0v) is 15.1. The first kappa shape index (κ1) is 23.9. The second kappa shape index (κ2) is 18.7. The number of hydrogen-bond acceptors (Lipinski definition) is 0. The van der Waals surface area contributed by atoms with Crippen LogP contribution in [-0.2, 0) is 33.6 Å². The Morgan fingerprint density at radius 2 is 0.952 bits per heavy atom. The van der Waals surface area contributed by atoms with Gasteiger partial charge < -0.3 is 0 Å². The molecular formula is C18H16Co2Se-. The minimum atomic E-state index is 0. The Kier molecular flexibility index (Phi) is 21.2. The van der Waals surface area contributed by atoms with E-state index in [1.54, 1.807) is 0 Å². The third-order valence-corrected chi connectivity index (χ3v) is 2.55.